The van der Waals surface area contributed by atoms with E-state index in [0.29, 0.717) is 6.61 Å². The second-order valence-corrected chi connectivity index (χ2v) is 5.25. The van der Waals surface area contributed by atoms with Gasteiger partial charge in [-0.25, -0.2) is 0 Å². The summed E-state index contributed by atoms with van der Waals surface area (Å²) in [6.45, 7) is 0.374. The lowest BCUT2D eigenvalue weighted by Crippen LogP contribution is -2.17. The molecule has 1 aliphatic carbocycles. The highest BCUT2D eigenvalue weighted by molar-refractivity contribution is 5.71. The number of esters is 1. The van der Waals surface area contributed by atoms with Crippen LogP contribution in [-0.4, -0.2) is 19.1 Å². The summed E-state index contributed by atoms with van der Waals surface area (Å²) in [5, 5.41) is 0. The van der Waals surface area contributed by atoms with Gasteiger partial charge < -0.3 is 10.5 Å². The lowest BCUT2D eigenvalue weighted by atomic mass is 9.84. The molecule has 19 heavy (non-hydrogen) atoms. The van der Waals surface area contributed by atoms with Gasteiger partial charge in [-0.1, -0.05) is 43.5 Å². The molecule has 1 fully saturated rings. The Morgan fingerprint density at radius 3 is 2.47 bits per heavy atom. The van der Waals surface area contributed by atoms with Crippen LogP contribution in [0.2, 0.25) is 0 Å². The molecule has 0 amide bonds. The van der Waals surface area contributed by atoms with Gasteiger partial charge in [-0.2, -0.15) is 0 Å². The molecule has 2 N–H and O–H groups in total. The first-order valence-corrected chi connectivity index (χ1v) is 7.24. The van der Waals surface area contributed by atoms with Gasteiger partial charge in [-0.3, -0.25) is 4.79 Å². The van der Waals surface area contributed by atoms with E-state index >= 15 is 0 Å². The number of hydrogen-bond acceptors (Lipinski definition) is 3. The maximum Gasteiger partial charge on any atom is 0.319 e. The molecule has 0 radical (unpaired) electrons. The van der Waals surface area contributed by atoms with Gasteiger partial charge in [0.1, 0.15) is 0 Å². The highest BCUT2D eigenvalue weighted by atomic mass is 16.5. The first-order valence-electron chi connectivity index (χ1n) is 7.24. The standard InChI is InChI=1S/C16H23NO2/c17-12-16(18)19-11-10-13-6-8-15(9-7-13)14-4-2-1-3-5-14/h6-9,14H,1-5,10-12,17H2. The number of carbonyl (C=O) groups is 1. The molecule has 0 heterocycles. The molecule has 0 saturated heterocycles. The van der Waals surface area contributed by atoms with Gasteiger partial charge in [0.25, 0.3) is 0 Å². The summed E-state index contributed by atoms with van der Waals surface area (Å²) in [6.07, 6.45) is 7.53. The number of hydrogen-bond donors (Lipinski definition) is 1. The lowest BCUT2D eigenvalue weighted by Gasteiger charge is -2.22. The minimum absolute atomic E-state index is 0.0411. The number of carbonyl (C=O) groups excluding carboxylic acids is 1. The zero-order valence-corrected chi connectivity index (χ0v) is 11.4. The Labute approximate surface area is 115 Å². The van der Waals surface area contributed by atoms with Gasteiger partial charge in [-0.05, 0) is 29.9 Å². The fourth-order valence-corrected chi connectivity index (χ4v) is 2.73. The van der Waals surface area contributed by atoms with Gasteiger partial charge in [0, 0.05) is 6.42 Å². The van der Waals surface area contributed by atoms with Gasteiger partial charge in [0.15, 0.2) is 0 Å². The van der Waals surface area contributed by atoms with Crippen LogP contribution in [0.15, 0.2) is 24.3 Å². The Morgan fingerprint density at radius 2 is 1.84 bits per heavy atom. The maximum atomic E-state index is 10.9. The van der Waals surface area contributed by atoms with Gasteiger partial charge in [0.2, 0.25) is 0 Å². The Morgan fingerprint density at radius 1 is 1.16 bits per heavy atom. The van der Waals surface area contributed by atoms with Crippen LogP contribution in [0.3, 0.4) is 0 Å². The van der Waals surface area contributed by atoms with Gasteiger partial charge >= 0.3 is 5.97 Å². The highest BCUT2D eigenvalue weighted by Gasteiger charge is 2.14. The zero-order chi connectivity index (χ0) is 13.5. The second kappa shape index (κ2) is 7.29. The summed E-state index contributed by atoms with van der Waals surface area (Å²) >= 11 is 0. The molecular formula is C16H23NO2. The van der Waals surface area contributed by atoms with Crippen molar-refractivity contribution < 1.29 is 9.53 Å². The summed E-state index contributed by atoms with van der Waals surface area (Å²) in [5.41, 5.74) is 7.85. The summed E-state index contributed by atoms with van der Waals surface area (Å²) in [6, 6.07) is 8.77. The predicted molar refractivity (Wildman–Crippen MR) is 76.0 cm³/mol. The molecular weight excluding hydrogens is 238 g/mol. The number of rotatable bonds is 5. The number of benzene rings is 1. The second-order valence-electron chi connectivity index (χ2n) is 5.25. The predicted octanol–water partition coefficient (Wildman–Crippen LogP) is 2.78. The molecule has 0 spiro atoms. The largest absolute Gasteiger partial charge is 0.464 e. The van der Waals surface area contributed by atoms with E-state index in [2.05, 4.69) is 24.3 Å². The van der Waals surface area contributed by atoms with Gasteiger partial charge in [0.05, 0.1) is 13.2 Å². The van der Waals surface area contributed by atoms with Crippen LogP contribution in [0.4, 0.5) is 0 Å². The molecule has 0 aromatic heterocycles. The Kier molecular flexibility index (Phi) is 5.40. The van der Waals surface area contributed by atoms with Crippen LogP contribution >= 0.6 is 0 Å². The average molecular weight is 261 g/mol. The molecule has 0 aliphatic heterocycles. The Hall–Kier alpha value is -1.35. The molecule has 3 nitrogen and oxygen atoms in total. The molecule has 1 aromatic rings. The van der Waals surface area contributed by atoms with E-state index in [1.807, 2.05) is 0 Å². The third-order valence-corrected chi connectivity index (χ3v) is 3.88. The van der Waals surface area contributed by atoms with Crippen molar-refractivity contribution in [1.82, 2.24) is 0 Å². The quantitative estimate of drug-likeness (QED) is 0.829. The summed E-state index contributed by atoms with van der Waals surface area (Å²) < 4.78 is 4.98. The Balaban J connectivity index is 1.82. The number of ether oxygens (including phenoxy) is 1. The van der Waals surface area contributed by atoms with E-state index in [9.17, 15) is 4.79 Å². The van der Waals surface area contributed by atoms with Crippen molar-refractivity contribution in [3.05, 3.63) is 35.4 Å². The molecule has 0 bridgehead atoms. The van der Waals surface area contributed by atoms with E-state index < -0.39 is 0 Å². The van der Waals surface area contributed by atoms with Crippen LogP contribution in [0.5, 0.6) is 0 Å². The molecule has 0 atom stereocenters. The summed E-state index contributed by atoms with van der Waals surface area (Å²) in [5.74, 6) is 0.414. The molecule has 2 rings (SSSR count). The van der Waals surface area contributed by atoms with Crippen molar-refractivity contribution in [1.29, 1.82) is 0 Å². The summed E-state index contributed by atoms with van der Waals surface area (Å²) in [4.78, 5) is 10.9. The van der Waals surface area contributed by atoms with Crippen molar-refractivity contribution >= 4 is 5.97 Å². The fraction of sp³-hybridized carbons (Fsp3) is 0.562. The van der Waals surface area contributed by atoms with Crippen LogP contribution in [0.1, 0.15) is 49.1 Å². The minimum Gasteiger partial charge on any atom is -0.464 e. The van der Waals surface area contributed by atoms with E-state index in [1.165, 1.54) is 43.2 Å². The smallest absolute Gasteiger partial charge is 0.319 e. The zero-order valence-electron chi connectivity index (χ0n) is 11.4. The highest BCUT2D eigenvalue weighted by Crippen LogP contribution is 2.32. The van der Waals surface area contributed by atoms with E-state index in [0.717, 1.165) is 12.3 Å². The van der Waals surface area contributed by atoms with Crippen LogP contribution in [-0.2, 0) is 16.0 Å². The van der Waals surface area contributed by atoms with Crippen molar-refractivity contribution in [2.75, 3.05) is 13.2 Å². The molecule has 104 valence electrons. The molecule has 1 aromatic carbocycles. The normalized spacial score (nSPS) is 16.3. The molecule has 1 saturated carbocycles. The van der Waals surface area contributed by atoms with Gasteiger partial charge in [-0.15, -0.1) is 0 Å². The van der Waals surface area contributed by atoms with E-state index in [-0.39, 0.29) is 12.5 Å². The minimum atomic E-state index is -0.334. The Bertz CT molecular complexity index is 394. The maximum absolute atomic E-state index is 10.9. The topological polar surface area (TPSA) is 52.3 Å². The van der Waals surface area contributed by atoms with Crippen molar-refractivity contribution in [2.24, 2.45) is 5.73 Å². The number of nitrogens with two attached hydrogens (primary N) is 1. The third-order valence-electron chi connectivity index (χ3n) is 3.88. The van der Waals surface area contributed by atoms with Crippen LogP contribution < -0.4 is 5.73 Å². The molecule has 3 heteroatoms. The van der Waals surface area contributed by atoms with Crippen LogP contribution in [0, 0.1) is 0 Å². The van der Waals surface area contributed by atoms with Crippen LogP contribution in [0.25, 0.3) is 0 Å². The first-order chi connectivity index (χ1) is 9.29. The van der Waals surface area contributed by atoms with E-state index in [1.54, 1.807) is 0 Å². The SMILES string of the molecule is NCC(=O)OCCc1ccc(C2CCCCC2)cc1. The van der Waals surface area contributed by atoms with Crippen molar-refractivity contribution in [3.63, 3.8) is 0 Å². The van der Waals surface area contributed by atoms with E-state index in [4.69, 9.17) is 10.5 Å². The molecule has 0 unspecified atom stereocenters. The van der Waals surface area contributed by atoms with Crippen molar-refractivity contribution in [2.45, 2.75) is 44.4 Å². The molecule has 1 aliphatic rings. The average Bonchev–Trinajstić information content (AvgIpc) is 2.48. The first kappa shape index (κ1) is 14.1. The lowest BCUT2D eigenvalue weighted by molar-refractivity contribution is -0.141. The van der Waals surface area contributed by atoms with Crippen molar-refractivity contribution in [3.8, 4) is 0 Å². The monoisotopic (exact) mass is 261 g/mol. The summed E-state index contributed by atoms with van der Waals surface area (Å²) in [7, 11) is 0. The fourth-order valence-electron chi connectivity index (χ4n) is 2.73. The third kappa shape index (κ3) is 4.35.